The lowest BCUT2D eigenvalue weighted by Crippen LogP contribution is -2.08. The van der Waals surface area contributed by atoms with Crippen molar-refractivity contribution in [3.8, 4) is 0 Å². The van der Waals surface area contributed by atoms with Gasteiger partial charge in [-0.15, -0.1) is 0 Å². The minimum atomic E-state index is -0.234. The van der Waals surface area contributed by atoms with E-state index in [0.29, 0.717) is 12.3 Å². The molecule has 3 heteroatoms. The van der Waals surface area contributed by atoms with Crippen LogP contribution in [0.2, 0.25) is 0 Å². The average molecular weight is 215 g/mol. The van der Waals surface area contributed by atoms with Crippen molar-refractivity contribution >= 4 is 11.5 Å². The minimum absolute atomic E-state index is 0.234. The molecule has 0 N–H and O–H groups in total. The number of pyridine rings is 1. The smallest absolute Gasteiger partial charge is 0.355 e. The molecule has 0 unspecified atom stereocenters. The van der Waals surface area contributed by atoms with Crippen LogP contribution in [0.25, 0.3) is 5.52 Å². The van der Waals surface area contributed by atoms with Crippen LogP contribution in [0, 0.1) is 0 Å². The summed E-state index contributed by atoms with van der Waals surface area (Å²) < 4.78 is 7.01. The number of hydrogen-bond acceptors (Lipinski definition) is 2. The fraction of sp³-hybridized carbons (Fsp3) is 0.308. The first-order valence-electron chi connectivity index (χ1n) is 5.60. The van der Waals surface area contributed by atoms with E-state index in [1.807, 2.05) is 29.7 Å². The van der Waals surface area contributed by atoms with Gasteiger partial charge in [0, 0.05) is 6.20 Å². The number of hydrogen-bond donors (Lipinski definition) is 0. The van der Waals surface area contributed by atoms with Crippen LogP contribution in [0.15, 0.2) is 24.4 Å². The van der Waals surface area contributed by atoms with Gasteiger partial charge in [-0.2, -0.15) is 0 Å². The molecule has 1 aliphatic carbocycles. The normalized spacial score (nSPS) is 13.3. The number of nitrogens with zero attached hydrogens (tertiary/aromatic N) is 1. The largest absolute Gasteiger partial charge is 0.461 e. The number of carbonyl (C=O) groups is 1. The van der Waals surface area contributed by atoms with Crippen molar-refractivity contribution in [2.75, 3.05) is 6.61 Å². The molecule has 0 saturated carbocycles. The summed E-state index contributed by atoms with van der Waals surface area (Å²) in [6.45, 7) is 2.24. The minimum Gasteiger partial charge on any atom is -0.461 e. The molecular formula is C13H13NO2. The van der Waals surface area contributed by atoms with E-state index in [2.05, 4.69) is 6.07 Å². The molecule has 3 rings (SSSR count). The third kappa shape index (κ3) is 1.18. The van der Waals surface area contributed by atoms with Crippen LogP contribution in [0.1, 0.15) is 28.5 Å². The number of carbonyl (C=O) groups excluding carboxylic acids is 1. The van der Waals surface area contributed by atoms with Gasteiger partial charge in [-0.1, -0.05) is 6.07 Å². The monoisotopic (exact) mass is 215 g/mol. The van der Waals surface area contributed by atoms with Gasteiger partial charge >= 0.3 is 5.97 Å². The Morgan fingerprint density at radius 3 is 3.06 bits per heavy atom. The lowest BCUT2D eigenvalue weighted by molar-refractivity contribution is 0.0518. The predicted molar refractivity (Wildman–Crippen MR) is 60.8 cm³/mol. The molecule has 0 fully saturated rings. The van der Waals surface area contributed by atoms with E-state index in [0.717, 1.165) is 12.8 Å². The van der Waals surface area contributed by atoms with E-state index < -0.39 is 0 Å². The first-order valence-corrected chi connectivity index (χ1v) is 5.60. The highest BCUT2D eigenvalue weighted by atomic mass is 16.5. The van der Waals surface area contributed by atoms with Crippen LogP contribution in [0.4, 0.5) is 0 Å². The zero-order chi connectivity index (χ0) is 11.1. The Morgan fingerprint density at radius 2 is 2.25 bits per heavy atom. The molecular weight excluding hydrogens is 202 g/mol. The second-order valence-corrected chi connectivity index (χ2v) is 4.03. The molecule has 0 aliphatic heterocycles. The topological polar surface area (TPSA) is 30.7 Å². The van der Waals surface area contributed by atoms with Gasteiger partial charge in [-0.25, -0.2) is 4.79 Å². The van der Waals surface area contributed by atoms with Gasteiger partial charge in [0.2, 0.25) is 0 Å². The van der Waals surface area contributed by atoms with Crippen molar-refractivity contribution in [2.45, 2.75) is 19.8 Å². The third-order valence-electron chi connectivity index (χ3n) is 3.10. The summed E-state index contributed by atoms with van der Waals surface area (Å²) in [5.74, 6) is -0.234. The van der Waals surface area contributed by atoms with E-state index in [-0.39, 0.29) is 5.97 Å². The van der Waals surface area contributed by atoms with Gasteiger partial charge in [0.05, 0.1) is 12.1 Å². The molecule has 0 spiro atoms. The van der Waals surface area contributed by atoms with E-state index in [1.54, 1.807) is 0 Å². The Kier molecular flexibility index (Phi) is 1.99. The first kappa shape index (κ1) is 9.46. The lowest BCUT2D eigenvalue weighted by Gasteiger charge is -2.04. The zero-order valence-electron chi connectivity index (χ0n) is 9.19. The fourth-order valence-corrected chi connectivity index (χ4v) is 2.44. The molecule has 0 radical (unpaired) electrons. The molecule has 2 heterocycles. The number of esters is 1. The second-order valence-electron chi connectivity index (χ2n) is 4.03. The average Bonchev–Trinajstić information content (AvgIpc) is 2.85. The van der Waals surface area contributed by atoms with E-state index in [4.69, 9.17) is 4.74 Å². The second kappa shape index (κ2) is 3.37. The zero-order valence-corrected chi connectivity index (χ0v) is 9.19. The van der Waals surface area contributed by atoms with Gasteiger partial charge in [-0.05, 0) is 43.0 Å². The van der Waals surface area contributed by atoms with Gasteiger partial charge in [0.15, 0.2) is 0 Å². The Hall–Kier alpha value is -1.77. The van der Waals surface area contributed by atoms with Crippen LogP contribution >= 0.6 is 0 Å². The highest BCUT2D eigenvalue weighted by Crippen LogP contribution is 2.29. The molecule has 1 aliphatic rings. The molecule has 0 aromatic carbocycles. The van der Waals surface area contributed by atoms with Gasteiger partial charge in [0.1, 0.15) is 5.69 Å². The number of rotatable bonds is 2. The molecule has 0 saturated heterocycles. The Bertz CT molecular complexity index is 569. The van der Waals surface area contributed by atoms with E-state index in [9.17, 15) is 4.79 Å². The molecule has 2 aromatic rings. The molecule has 0 amide bonds. The molecule has 82 valence electrons. The van der Waals surface area contributed by atoms with Crippen molar-refractivity contribution in [1.29, 1.82) is 0 Å². The number of aryl methyl sites for hydroxylation is 2. The summed E-state index contributed by atoms with van der Waals surface area (Å²) in [5.41, 5.74) is 4.44. The van der Waals surface area contributed by atoms with Crippen molar-refractivity contribution in [3.63, 3.8) is 0 Å². The molecule has 3 nitrogen and oxygen atoms in total. The van der Waals surface area contributed by atoms with E-state index in [1.165, 1.54) is 16.6 Å². The maximum Gasteiger partial charge on any atom is 0.355 e. The summed E-state index contributed by atoms with van der Waals surface area (Å²) >= 11 is 0. The van der Waals surface area contributed by atoms with Crippen LogP contribution < -0.4 is 0 Å². The standard InChI is InChI=1S/C13H13NO2/c1-2-16-13(15)11-8-10-6-5-9-4-3-7-14(11)12(9)10/h3-4,7-8H,2,5-6H2,1H3. The Morgan fingerprint density at radius 1 is 1.44 bits per heavy atom. The number of aromatic nitrogens is 1. The Labute approximate surface area is 93.6 Å². The maximum atomic E-state index is 11.8. The SMILES string of the molecule is CCOC(=O)c1cc2c3c(cccn13)CC2. The molecule has 0 atom stereocenters. The van der Waals surface area contributed by atoms with E-state index >= 15 is 0 Å². The van der Waals surface area contributed by atoms with Crippen LogP contribution in [0.3, 0.4) is 0 Å². The van der Waals surface area contributed by atoms with Crippen molar-refractivity contribution in [1.82, 2.24) is 4.40 Å². The summed E-state index contributed by atoms with van der Waals surface area (Å²) in [4.78, 5) is 11.8. The molecule has 2 aromatic heterocycles. The molecule has 0 bridgehead atoms. The maximum absolute atomic E-state index is 11.8. The number of ether oxygens (including phenoxy) is 1. The van der Waals surface area contributed by atoms with Gasteiger partial charge in [-0.3, -0.25) is 0 Å². The van der Waals surface area contributed by atoms with Gasteiger partial charge in [0.25, 0.3) is 0 Å². The summed E-state index contributed by atoms with van der Waals surface area (Å²) in [5, 5.41) is 0. The predicted octanol–water partition coefficient (Wildman–Crippen LogP) is 2.21. The Balaban J connectivity index is 2.21. The highest BCUT2D eigenvalue weighted by Gasteiger charge is 2.21. The quantitative estimate of drug-likeness (QED) is 0.719. The van der Waals surface area contributed by atoms with Crippen LogP contribution in [-0.4, -0.2) is 17.0 Å². The summed E-state index contributed by atoms with van der Waals surface area (Å²) in [6.07, 6.45) is 4.04. The first-order chi connectivity index (χ1) is 7.81. The van der Waals surface area contributed by atoms with Crippen LogP contribution in [-0.2, 0) is 17.6 Å². The van der Waals surface area contributed by atoms with Crippen molar-refractivity contribution in [2.24, 2.45) is 0 Å². The van der Waals surface area contributed by atoms with Crippen LogP contribution in [0.5, 0.6) is 0 Å². The summed E-state index contributed by atoms with van der Waals surface area (Å²) in [7, 11) is 0. The fourth-order valence-electron chi connectivity index (χ4n) is 2.44. The molecule has 16 heavy (non-hydrogen) atoms. The van der Waals surface area contributed by atoms with Crippen molar-refractivity contribution < 1.29 is 9.53 Å². The lowest BCUT2D eigenvalue weighted by atomic mass is 10.2. The highest BCUT2D eigenvalue weighted by molar-refractivity contribution is 5.91. The summed E-state index contributed by atoms with van der Waals surface area (Å²) in [6, 6.07) is 6.07. The van der Waals surface area contributed by atoms with Crippen molar-refractivity contribution in [3.05, 3.63) is 41.2 Å². The van der Waals surface area contributed by atoms with Gasteiger partial charge < -0.3 is 9.14 Å². The third-order valence-corrected chi connectivity index (χ3v) is 3.10.